The van der Waals surface area contributed by atoms with E-state index in [-0.39, 0.29) is 0 Å². The third kappa shape index (κ3) is 4.47. The van der Waals surface area contributed by atoms with Gasteiger partial charge in [-0.3, -0.25) is 0 Å². The van der Waals surface area contributed by atoms with Crippen LogP contribution >= 0.6 is 7.92 Å². The van der Waals surface area contributed by atoms with Crippen molar-refractivity contribution < 1.29 is 0 Å². The summed E-state index contributed by atoms with van der Waals surface area (Å²) in [5, 5.41) is 4.19. The predicted octanol–water partition coefficient (Wildman–Crippen LogP) is 8.01. The van der Waals surface area contributed by atoms with Crippen molar-refractivity contribution in [2.24, 2.45) is 0 Å². The fraction of sp³-hybridized carbons (Fsp3) is 0.118. The average molecular weight is 471 g/mol. The van der Waals surface area contributed by atoms with Crippen LogP contribution in [-0.2, 0) is 0 Å². The van der Waals surface area contributed by atoms with Gasteiger partial charge in [0.05, 0.1) is 0 Å². The van der Waals surface area contributed by atoms with Crippen LogP contribution in [0.4, 0.5) is 0 Å². The fourth-order valence-electron chi connectivity index (χ4n) is 5.23. The van der Waals surface area contributed by atoms with Gasteiger partial charge >= 0.3 is 0 Å². The third-order valence-electron chi connectivity index (χ3n) is 6.79. The van der Waals surface area contributed by atoms with Gasteiger partial charge < -0.3 is 0 Å². The molecule has 5 aromatic rings. The maximum atomic E-state index is 2.34. The van der Waals surface area contributed by atoms with Gasteiger partial charge in [-0.1, -0.05) is 115 Å². The molecular formula is C34H31P. The fourth-order valence-corrected chi connectivity index (χ4v) is 7.84. The Kier molecular flexibility index (Phi) is 6.67. The molecule has 0 radical (unpaired) electrons. The van der Waals surface area contributed by atoms with E-state index in [2.05, 4.69) is 143 Å². The molecule has 172 valence electrons. The Hall–Kier alpha value is -3.47. The summed E-state index contributed by atoms with van der Waals surface area (Å²) in [5.41, 5.74) is 10.7. The molecule has 0 saturated heterocycles. The Labute approximate surface area is 211 Å². The van der Waals surface area contributed by atoms with Crippen LogP contribution in [0.2, 0.25) is 0 Å². The highest BCUT2D eigenvalue weighted by atomic mass is 31.1. The molecule has 0 bridgehead atoms. The van der Waals surface area contributed by atoms with Crippen LogP contribution in [0.3, 0.4) is 0 Å². The van der Waals surface area contributed by atoms with E-state index in [0.29, 0.717) is 0 Å². The summed E-state index contributed by atoms with van der Waals surface area (Å²) in [7, 11) is -0.784. The minimum Gasteiger partial charge on any atom is -0.0622 e. The predicted molar refractivity (Wildman–Crippen MR) is 155 cm³/mol. The quantitative estimate of drug-likeness (QED) is 0.228. The minimum atomic E-state index is -0.784. The number of benzene rings is 5. The lowest BCUT2D eigenvalue weighted by molar-refractivity contribution is 1.37. The van der Waals surface area contributed by atoms with E-state index in [1.165, 1.54) is 60.4 Å². The van der Waals surface area contributed by atoms with Crippen LogP contribution < -0.4 is 15.9 Å². The summed E-state index contributed by atoms with van der Waals surface area (Å²) in [6.07, 6.45) is 0. The first-order valence-electron chi connectivity index (χ1n) is 12.2. The zero-order valence-corrected chi connectivity index (χ0v) is 21.8. The molecule has 0 saturated carbocycles. The Balaban J connectivity index is 1.94. The molecule has 0 aliphatic rings. The first-order valence-corrected chi connectivity index (χ1v) is 13.6. The molecule has 0 fully saturated rings. The first-order chi connectivity index (χ1) is 17.1. The molecule has 5 rings (SSSR count). The molecule has 1 heteroatoms. The Bertz CT molecular complexity index is 1320. The van der Waals surface area contributed by atoms with Gasteiger partial charge in [-0.2, -0.15) is 0 Å². The molecule has 0 amide bonds. The van der Waals surface area contributed by atoms with Crippen molar-refractivity contribution in [1.29, 1.82) is 0 Å². The van der Waals surface area contributed by atoms with E-state index in [0.717, 1.165) is 0 Å². The van der Waals surface area contributed by atoms with E-state index < -0.39 is 7.92 Å². The van der Waals surface area contributed by atoms with Crippen molar-refractivity contribution >= 4 is 23.8 Å². The molecule has 0 aliphatic heterocycles. The summed E-state index contributed by atoms with van der Waals surface area (Å²) in [6.45, 7) is 8.96. The van der Waals surface area contributed by atoms with Crippen molar-refractivity contribution in [2.45, 2.75) is 27.7 Å². The molecule has 5 aromatic carbocycles. The molecule has 0 N–H and O–H groups in total. The van der Waals surface area contributed by atoms with Gasteiger partial charge in [-0.05, 0) is 90.7 Å². The van der Waals surface area contributed by atoms with Crippen molar-refractivity contribution in [3.8, 4) is 22.3 Å². The molecule has 0 spiro atoms. The average Bonchev–Trinajstić information content (AvgIpc) is 2.86. The molecule has 35 heavy (non-hydrogen) atoms. The number of aryl methyl sites for hydroxylation is 4. The molecule has 0 aromatic heterocycles. The van der Waals surface area contributed by atoms with Gasteiger partial charge in [0.1, 0.15) is 0 Å². The number of hydrogen-bond acceptors (Lipinski definition) is 0. The molecule has 0 heterocycles. The topological polar surface area (TPSA) is 0 Å². The standard InChI is InChI=1S/C34H31P/c1-24-14-11-15-25(2)32(24)30-22-13-23-31(33-26(3)16-12-17-27(33)4)34(30)35(28-18-7-5-8-19-28)29-20-9-6-10-21-29/h5-23H,1-4H3. The van der Waals surface area contributed by atoms with E-state index in [4.69, 9.17) is 0 Å². The van der Waals surface area contributed by atoms with Crippen LogP contribution in [0.5, 0.6) is 0 Å². The Morgan fingerprint density at radius 2 is 0.714 bits per heavy atom. The van der Waals surface area contributed by atoms with Gasteiger partial charge in [0.25, 0.3) is 0 Å². The normalized spacial score (nSPS) is 11.1. The molecular weight excluding hydrogens is 439 g/mol. The second kappa shape index (κ2) is 10.0. The summed E-state index contributed by atoms with van der Waals surface area (Å²) < 4.78 is 0. The van der Waals surface area contributed by atoms with Crippen LogP contribution in [0.25, 0.3) is 22.3 Å². The zero-order valence-electron chi connectivity index (χ0n) is 20.9. The smallest absolute Gasteiger partial charge is 0.000634 e. The number of hydrogen-bond donors (Lipinski definition) is 0. The van der Waals surface area contributed by atoms with Gasteiger partial charge in [-0.25, -0.2) is 0 Å². The lowest BCUT2D eigenvalue weighted by Crippen LogP contribution is -2.24. The highest BCUT2D eigenvalue weighted by molar-refractivity contribution is 7.80. The minimum absolute atomic E-state index is 0.784. The van der Waals surface area contributed by atoms with E-state index in [1.54, 1.807) is 0 Å². The monoisotopic (exact) mass is 470 g/mol. The third-order valence-corrected chi connectivity index (χ3v) is 9.35. The lowest BCUT2D eigenvalue weighted by atomic mass is 9.90. The van der Waals surface area contributed by atoms with Crippen molar-refractivity contribution in [3.63, 3.8) is 0 Å². The van der Waals surface area contributed by atoms with Gasteiger partial charge in [0, 0.05) is 5.30 Å². The van der Waals surface area contributed by atoms with Crippen LogP contribution in [0, 0.1) is 27.7 Å². The summed E-state index contributed by atoms with van der Waals surface area (Å²) >= 11 is 0. The summed E-state index contributed by atoms with van der Waals surface area (Å²) in [4.78, 5) is 0. The van der Waals surface area contributed by atoms with Gasteiger partial charge in [-0.15, -0.1) is 0 Å². The highest BCUT2D eigenvalue weighted by Crippen LogP contribution is 2.43. The maximum absolute atomic E-state index is 2.34. The summed E-state index contributed by atoms with van der Waals surface area (Å²) in [6, 6.07) is 42.3. The highest BCUT2D eigenvalue weighted by Gasteiger charge is 2.26. The Morgan fingerprint density at radius 1 is 0.371 bits per heavy atom. The summed E-state index contributed by atoms with van der Waals surface area (Å²) in [5.74, 6) is 0. The first kappa shape index (κ1) is 23.3. The largest absolute Gasteiger partial charge is 0.0622 e. The lowest BCUT2D eigenvalue weighted by Gasteiger charge is -2.28. The van der Waals surface area contributed by atoms with Crippen molar-refractivity contribution in [1.82, 2.24) is 0 Å². The molecule has 0 atom stereocenters. The van der Waals surface area contributed by atoms with Crippen molar-refractivity contribution in [2.75, 3.05) is 0 Å². The van der Waals surface area contributed by atoms with Crippen LogP contribution in [-0.4, -0.2) is 0 Å². The zero-order chi connectivity index (χ0) is 24.4. The SMILES string of the molecule is Cc1cccc(C)c1-c1cccc(-c2c(C)cccc2C)c1P(c1ccccc1)c1ccccc1. The van der Waals surface area contributed by atoms with E-state index in [1.807, 2.05) is 0 Å². The van der Waals surface area contributed by atoms with Crippen LogP contribution in [0.15, 0.2) is 115 Å². The molecule has 0 nitrogen and oxygen atoms in total. The van der Waals surface area contributed by atoms with Crippen molar-refractivity contribution in [3.05, 3.63) is 138 Å². The van der Waals surface area contributed by atoms with E-state index in [9.17, 15) is 0 Å². The second-order valence-corrected chi connectivity index (χ2v) is 11.4. The molecule has 0 aliphatic carbocycles. The van der Waals surface area contributed by atoms with Gasteiger partial charge in [0.2, 0.25) is 0 Å². The maximum Gasteiger partial charge on any atom is 0.000634 e. The van der Waals surface area contributed by atoms with Crippen LogP contribution in [0.1, 0.15) is 22.3 Å². The van der Waals surface area contributed by atoms with Gasteiger partial charge in [0.15, 0.2) is 0 Å². The Morgan fingerprint density at radius 3 is 1.09 bits per heavy atom. The second-order valence-electron chi connectivity index (χ2n) is 9.24. The number of rotatable bonds is 5. The van der Waals surface area contributed by atoms with E-state index >= 15 is 0 Å². The molecule has 0 unspecified atom stereocenters.